The number of nitriles is 1. The third kappa shape index (κ3) is 5.31. The van der Waals surface area contributed by atoms with E-state index < -0.39 is 5.82 Å². The van der Waals surface area contributed by atoms with Crippen molar-refractivity contribution >= 4 is 46.3 Å². The van der Waals surface area contributed by atoms with E-state index in [1.54, 1.807) is 6.20 Å². The summed E-state index contributed by atoms with van der Waals surface area (Å²) < 4.78 is 16.8. The van der Waals surface area contributed by atoms with Crippen LogP contribution in [-0.4, -0.2) is 42.7 Å². The molecule has 1 unspecified atom stereocenters. The van der Waals surface area contributed by atoms with Crippen molar-refractivity contribution in [3.63, 3.8) is 0 Å². The van der Waals surface area contributed by atoms with Gasteiger partial charge in [0.15, 0.2) is 5.65 Å². The van der Waals surface area contributed by atoms with Crippen LogP contribution in [0.1, 0.15) is 63.0 Å². The predicted molar refractivity (Wildman–Crippen MR) is 137 cm³/mol. The quantitative estimate of drug-likeness (QED) is 0.373. The number of rotatable bonds is 6. The zero-order valence-electron chi connectivity index (χ0n) is 20.1. The zero-order valence-corrected chi connectivity index (χ0v) is 20.9. The van der Waals surface area contributed by atoms with Gasteiger partial charge in [-0.1, -0.05) is 11.6 Å². The van der Waals surface area contributed by atoms with Crippen LogP contribution in [0.5, 0.6) is 0 Å². The Balaban J connectivity index is 1.52. The number of aromatic nitrogens is 4. The second kappa shape index (κ2) is 10.5. The SMILES string of the molecule is N#Cc1cc(F)c(Nc2nc3cnc(NC4CCC[C@@H](O)C4)nc3n2C2CCC(C(N)=O)CC2)c(Cl)c1. The maximum absolute atomic E-state index is 14.9. The summed E-state index contributed by atoms with van der Waals surface area (Å²) in [5.41, 5.74) is 6.72. The normalized spacial score (nSPS) is 23.9. The number of fused-ring (bicyclic) bond motifs is 1. The average molecular weight is 527 g/mol. The summed E-state index contributed by atoms with van der Waals surface area (Å²) in [7, 11) is 0. The second-order valence-corrected chi connectivity index (χ2v) is 10.2. The monoisotopic (exact) mass is 526 g/mol. The van der Waals surface area contributed by atoms with Crippen LogP contribution < -0.4 is 16.4 Å². The number of amides is 1. The Labute approximate surface area is 218 Å². The molecular weight excluding hydrogens is 499 g/mol. The van der Waals surface area contributed by atoms with Gasteiger partial charge < -0.3 is 21.5 Å². The van der Waals surface area contributed by atoms with Gasteiger partial charge in [-0.2, -0.15) is 10.2 Å². The number of imidazole rings is 1. The number of anilines is 3. The number of nitrogens with zero attached hydrogens (tertiary/aromatic N) is 5. The summed E-state index contributed by atoms with van der Waals surface area (Å²) in [5.74, 6) is -0.403. The molecule has 194 valence electrons. The molecule has 5 N–H and O–H groups in total. The van der Waals surface area contributed by atoms with Crippen LogP contribution in [0, 0.1) is 23.1 Å². The molecular formula is C25H28ClFN8O2. The summed E-state index contributed by atoms with van der Waals surface area (Å²) >= 11 is 6.30. The Bertz CT molecular complexity index is 1340. The fourth-order valence-electron chi connectivity index (χ4n) is 5.36. The number of aliphatic hydroxyl groups is 1. The molecule has 2 aromatic heterocycles. The highest BCUT2D eigenvalue weighted by molar-refractivity contribution is 6.33. The Morgan fingerprint density at radius 1 is 1.22 bits per heavy atom. The molecule has 2 saturated carbocycles. The fraction of sp³-hybridized carbons (Fsp3) is 0.480. The zero-order chi connectivity index (χ0) is 26.1. The van der Waals surface area contributed by atoms with Gasteiger partial charge in [-0.3, -0.25) is 9.36 Å². The smallest absolute Gasteiger partial charge is 0.224 e. The maximum Gasteiger partial charge on any atom is 0.224 e. The third-order valence-electron chi connectivity index (χ3n) is 7.28. The number of hydrogen-bond acceptors (Lipinski definition) is 8. The highest BCUT2D eigenvalue weighted by Crippen LogP contribution is 2.38. The highest BCUT2D eigenvalue weighted by Gasteiger charge is 2.30. The van der Waals surface area contributed by atoms with E-state index in [0.717, 1.165) is 25.3 Å². The van der Waals surface area contributed by atoms with Gasteiger partial charge in [-0.05, 0) is 63.5 Å². The predicted octanol–water partition coefficient (Wildman–Crippen LogP) is 4.17. The fourth-order valence-corrected chi connectivity index (χ4v) is 5.61. The molecule has 10 nitrogen and oxygen atoms in total. The van der Waals surface area contributed by atoms with Crippen LogP contribution >= 0.6 is 11.6 Å². The Morgan fingerprint density at radius 2 is 2.00 bits per heavy atom. The summed E-state index contributed by atoms with van der Waals surface area (Å²) in [6, 6.07) is 4.38. The third-order valence-corrected chi connectivity index (χ3v) is 7.58. The van der Waals surface area contributed by atoms with Crippen molar-refractivity contribution in [3.05, 3.63) is 34.7 Å². The molecule has 12 heteroatoms. The molecule has 0 radical (unpaired) electrons. The lowest BCUT2D eigenvalue weighted by atomic mass is 9.85. The van der Waals surface area contributed by atoms with Crippen molar-refractivity contribution in [2.75, 3.05) is 10.6 Å². The molecule has 0 bridgehead atoms. The van der Waals surface area contributed by atoms with Gasteiger partial charge in [0, 0.05) is 18.0 Å². The first-order valence-corrected chi connectivity index (χ1v) is 12.8. The van der Waals surface area contributed by atoms with Gasteiger partial charge >= 0.3 is 0 Å². The van der Waals surface area contributed by atoms with Gasteiger partial charge in [-0.25, -0.2) is 14.4 Å². The molecule has 2 fully saturated rings. The van der Waals surface area contributed by atoms with E-state index in [1.165, 1.54) is 6.07 Å². The van der Waals surface area contributed by atoms with Crippen molar-refractivity contribution < 1.29 is 14.3 Å². The van der Waals surface area contributed by atoms with Crippen LogP contribution in [-0.2, 0) is 4.79 Å². The maximum atomic E-state index is 14.9. The van der Waals surface area contributed by atoms with Crippen LogP contribution in [0.4, 0.5) is 22.0 Å². The Kier molecular flexibility index (Phi) is 7.13. The minimum Gasteiger partial charge on any atom is -0.393 e. The molecule has 1 amide bonds. The number of carbonyl (C=O) groups is 1. The molecule has 1 aromatic carbocycles. The van der Waals surface area contributed by atoms with Crippen molar-refractivity contribution in [2.45, 2.75) is 69.6 Å². The average Bonchev–Trinajstić information content (AvgIpc) is 3.23. The lowest BCUT2D eigenvalue weighted by molar-refractivity contribution is -0.122. The number of carbonyl (C=O) groups excluding carboxylic acids is 1. The number of halogens is 2. The summed E-state index contributed by atoms with van der Waals surface area (Å²) in [6.07, 6.45) is 7.11. The van der Waals surface area contributed by atoms with Gasteiger partial charge in [0.1, 0.15) is 11.3 Å². The van der Waals surface area contributed by atoms with Crippen LogP contribution in [0.2, 0.25) is 5.02 Å². The van der Waals surface area contributed by atoms with Crippen LogP contribution in [0.15, 0.2) is 18.3 Å². The number of aliphatic hydroxyl groups excluding tert-OH is 1. The molecule has 2 atom stereocenters. The van der Waals surface area contributed by atoms with Gasteiger partial charge in [0.2, 0.25) is 17.8 Å². The lowest BCUT2D eigenvalue weighted by Gasteiger charge is -2.29. The molecule has 3 aromatic rings. The second-order valence-electron chi connectivity index (χ2n) is 9.83. The Hall–Kier alpha value is -3.49. The minimum absolute atomic E-state index is 0.00513. The van der Waals surface area contributed by atoms with E-state index in [9.17, 15) is 14.3 Å². The van der Waals surface area contributed by atoms with Crippen LogP contribution in [0.3, 0.4) is 0 Å². The number of benzene rings is 1. The number of hydrogen-bond donors (Lipinski definition) is 4. The molecule has 0 spiro atoms. The van der Waals surface area contributed by atoms with E-state index >= 15 is 0 Å². The highest BCUT2D eigenvalue weighted by atomic mass is 35.5. The first-order chi connectivity index (χ1) is 17.8. The molecule has 5 rings (SSSR count). The Morgan fingerprint density at radius 3 is 2.68 bits per heavy atom. The first kappa shape index (κ1) is 25.2. The van der Waals surface area contributed by atoms with Crippen molar-refractivity contribution in [1.29, 1.82) is 5.26 Å². The van der Waals surface area contributed by atoms with Crippen molar-refractivity contribution in [2.24, 2.45) is 11.7 Å². The van der Waals surface area contributed by atoms with E-state index in [1.807, 2.05) is 10.6 Å². The molecule has 37 heavy (non-hydrogen) atoms. The van der Waals surface area contributed by atoms with Gasteiger partial charge in [0.25, 0.3) is 0 Å². The standard InChI is InChI=1S/C25H28ClFN8O2/c26-18-8-13(11-28)9-19(27)21(18)33-25-32-20-12-30-24(31-15-2-1-3-17(36)10-15)34-23(20)35(25)16-6-4-14(5-7-16)22(29)37/h8-9,12,14-17,36H,1-7,10H2,(H2,29,37)(H,32,33)(H,30,31,34)/t14?,15?,16?,17-/m1/s1. The number of nitrogens with two attached hydrogens (primary N) is 1. The van der Waals surface area contributed by atoms with E-state index in [4.69, 9.17) is 27.6 Å². The summed E-state index contributed by atoms with van der Waals surface area (Å²) in [4.78, 5) is 25.5. The van der Waals surface area contributed by atoms with Gasteiger partial charge in [-0.15, -0.1) is 0 Å². The summed E-state index contributed by atoms with van der Waals surface area (Å²) in [6.45, 7) is 0. The molecule has 2 aliphatic carbocycles. The lowest BCUT2D eigenvalue weighted by Crippen LogP contribution is -2.30. The number of primary amides is 1. The number of nitrogens with one attached hydrogen (secondary N) is 2. The molecule has 2 heterocycles. The van der Waals surface area contributed by atoms with E-state index in [2.05, 4.69) is 20.6 Å². The minimum atomic E-state index is -0.676. The largest absolute Gasteiger partial charge is 0.393 e. The van der Waals surface area contributed by atoms with Crippen LogP contribution in [0.25, 0.3) is 11.2 Å². The summed E-state index contributed by atoms with van der Waals surface area (Å²) in [5, 5.41) is 25.5. The van der Waals surface area contributed by atoms with Gasteiger partial charge in [0.05, 0.1) is 34.6 Å². The topological polar surface area (TPSA) is 155 Å². The molecule has 2 aliphatic rings. The van der Waals surface area contributed by atoms with Crippen molar-refractivity contribution in [3.8, 4) is 6.07 Å². The van der Waals surface area contributed by atoms with Crippen molar-refractivity contribution in [1.82, 2.24) is 19.5 Å². The first-order valence-electron chi connectivity index (χ1n) is 12.5. The molecule has 0 saturated heterocycles. The van der Waals surface area contributed by atoms with E-state index in [-0.39, 0.29) is 46.3 Å². The van der Waals surface area contributed by atoms with E-state index in [0.29, 0.717) is 55.2 Å². The molecule has 0 aliphatic heterocycles.